The third-order valence-electron chi connectivity index (χ3n) is 7.21. The topological polar surface area (TPSA) is 43.3 Å². The summed E-state index contributed by atoms with van der Waals surface area (Å²) in [4.78, 5) is 14.0. The van der Waals surface area contributed by atoms with Gasteiger partial charge in [-0.2, -0.15) is 0 Å². The maximum atomic E-state index is 15.5. The van der Waals surface area contributed by atoms with Crippen molar-refractivity contribution in [3.63, 3.8) is 0 Å². The number of aromatic nitrogens is 1. The number of hydrogen-bond donors (Lipinski definition) is 1. The van der Waals surface area contributed by atoms with Gasteiger partial charge in [-0.05, 0) is 48.7 Å². The Hall–Kier alpha value is -3.49. The first-order valence-corrected chi connectivity index (χ1v) is 13.7. The van der Waals surface area contributed by atoms with E-state index in [1.54, 1.807) is 17.6 Å². The van der Waals surface area contributed by atoms with Crippen molar-refractivity contribution < 1.29 is 17.9 Å². The molecule has 5 rings (SSSR count). The Bertz CT molecular complexity index is 1560. The van der Waals surface area contributed by atoms with E-state index < -0.39 is 17.5 Å². The molecule has 0 aliphatic carbocycles. The Kier molecular flexibility index (Phi) is 7.86. The van der Waals surface area contributed by atoms with Crippen LogP contribution in [0.5, 0.6) is 5.75 Å². The average Bonchev–Trinajstić information content (AvgIpc) is 3.34. The Morgan fingerprint density at radius 1 is 0.974 bits per heavy atom. The number of rotatable bonds is 8. The Morgan fingerprint density at radius 2 is 1.67 bits per heavy atom. The van der Waals surface area contributed by atoms with Gasteiger partial charge in [-0.15, -0.1) is 11.8 Å². The van der Waals surface area contributed by atoms with E-state index in [-0.39, 0.29) is 40.5 Å². The molecular weight excluding hydrogens is 521 g/mol. The molecule has 0 saturated heterocycles. The molecule has 4 nitrogen and oxygen atoms in total. The van der Waals surface area contributed by atoms with Gasteiger partial charge < -0.3 is 10.1 Å². The number of hydrogen-bond acceptors (Lipinski definition) is 4. The van der Waals surface area contributed by atoms with Crippen molar-refractivity contribution in [3.8, 4) is 16.9 Å². The van der Waals surface area contributed by atoms with Gasteiger partial charge in [-0.3, -0.25) is 9.36 Å². The van der Waals surface area contributed by atoms with E-state index >= 15 is 4.39 Å². The summed E-state index contributed by atoms with van der Waals surface area (Å²) in [6.07, 6.45) is -0.0605. The lowest BCUT2D eigenvalue weighted by Gasteiger charge is -2.21. The number of nitrogens with one attached hydrogen (secondary N) is 1. The second-order valence-corrected chi connectivity index (χ2v) is 10.7. The van der Waals surface area contributed by atoms with Crippen molar-refractivity contribution in [1.82, 2.24) is 9.88 Å². The second-order valence-electron chi connectivity index (χ2n) is 9.74. The van der Waals surface area contributed by atoms with Gasteiger partial charge in [0.25, 0.3) is 5.56 Å². The number of fused-ring (bicyclic) bond motifs is 1. The lowest BCUT2D eigenvalue weighted by Crippen LogP contribution is -2.33. The summed E-state index contributed by atoms with van der Waals surface area (Å²) in [5, 5.41) is 4.10. The molecule has 1 aromatic heterocycles. The molecule has 2 heterocycles. The van der Waals surface area contributed by atoms with Crippen LogP contribution in [0.15, 0.2) is 70.5 Å². The molecule has 0 bridgehead atoms. The smallest absolute Gasteiger partial charge is 0.260 e. The molecular formula is C31H29F3N2O2S. The number of aryl methyl sites for hydroxylation is 1. The number of ether oxygens (including phenoxy) is 1. The molecule has 1 atom stereocenters. The van der Waals surface area contributed by atoms with E-state index in [4.69, 9.17) is 4.74 Å². The van der Waals surface area contributed by atoms with E-state index in [2.05, 4.69) is 17.4 Å². The molecule has 8 heteroatoms. The molecule has 1 N–H and O–H groups in total. The predicted molar refractivity (Wildman–Crippen MR) is 149 cm³/mol. The zero-order chi connectivity index (χ0) is 27.7. The highest BCUT2D eigenvalue weighted by Gasteiger charge is 2.32. The first-order valence-electron chi connectivity index (χ1n) is 12.7. The SMILES string of the molecule is COc1cccc(-c2c(C)c(Cc3c(F)cccc3F)c3n(c2=O)C(CNCc2ccc(C)cc2)CS3)c1F. The fraction of sp³-hybridized carbons (Fsp3) is 0.258. The third kappa shape index (κ3) is 5.23. The molecule has 39 heavy (non-hydrogen) atoms. The summed E-state index contributed by atoms with van der Waals surface area (Å²) in [7, 11) is 1.36. The quantitative estimate of drug-likeness (QED) is 0.269. The van der Waals surface area contributed by atoms with Crippen LogP contribution in [0.1, 0.15) is 33.9 Å². The lowest BCUT2D eigenvalue weighted by atomic mass is 9.94. The Labute approximate surface area is 229 Å². The average molecular weight is 551 g/mol. The molecule has 0 radical (unpaired) electrons. The summed E-state index contributed by atoms with van der Waals surface area (Å²) in [5.41, 5.74) is 3.28. The van der Waals surface area contributed by atoms with Crippen LogP contribution in [0.4, 0.5) is 13.2 Å². The monoisotopic (exact) mass is 550 g/mol. The zero-order valence-electron chi connectivity index (χ0n) is 22.0. The molecule has 1 unspecified atom stereocenters. The number of benzene rings is 3. The van der Waals surface area contributed by atoms with Crippen molar-refractivity contribution in [1.29, 1.82) is 0 Å². The third-order valence-corrected chi connectivity index (χ3v) is 8.48. The van der Waals surface area contributed by atoms with Crippen LogP contribution in [0.3, 0.4) is 0 Å². The fourth-order valence-electron chi connectivity index (χ4n) is 5.07. The highest BCUT2D eigenvalue weighted by Crippen LogP contribution is 2.40. The van der Waals surface area contributed by atoms with Crippen molar-refractivity contribution >= 4 is 11.8 Å². The number of pyridine rings is 1. The number of thioether (sulfide) groups is 1. The summed E-state index contributed by atoms with van der Waals surface area (Å²) >= 11 is 1.49. The van der Waals surface area contributed by atoms with Crippen molar-refractivity contribution in [2.24, 2.45) is 0 Å². The molecule has 0 fully saturated rings. The molecule has 202 valence electrons. The van der Waals surface area contributed by atoms with Gasteiger partial charge in [0.05, 0.1) is 23.7 Å². The van der Waals surface area contributed by atoms with Crippen molar-refractivity contribution in [2.45, 2.75) is 37.9 Å². The van der Waals surface area contributed by atoms with Gasteiger partial charge >= 0.3 is 0 Å². The van der Waals surface area contributed by atoms with Crippen LogP contribution in [-0.4, -0.2) is 24.0 Å². The van der Waals surface area contributed by atoms with Gasteiger partial charge in [0.15, 0.2) is 11.6 Å². The lowest BCUT2D eigenvalue weighted by molar-refractivity contribution is 0.387. The molecule has 1 aliphatic heterocycles. The number of methoxy groups -OCH3 is 1. The van der Waals surface area contributed by atoms with Gasteiger partial charge in [-0.25, -0.2) is 13.2 Å². The highest BCUT2D eigenvalue weighted by molar-refractivity contribution is 7.99. The first-order chi connectivity index (χ1) is 18.8. The number of halogens is 3. The Balaban J connectivity index is 1.60. The van der Waals surface area contributed by atoms with E-state index in [9.17, 15) is 13.6 Å². The molecule has 0 spiro atoms. The van der Waals surface area contributed by atoms with E-state index in [0.29, 0.717) is 35.0 Å². The van der Waals surface area contributed by atoms with Gasteiger partial charge in [0, 0.05) is 36.4 Å². The van der Waals surface area contributed by atoms with Crippen LogP contribution >= 0.6 is 11.8 Å². The summed E-state index contributed by atoms with van der Waals surface area (Å²) in [6.45, 7) is 4.88. The van der Waals surface area contributed by atoms with Crippen LogP contribution in [-0.2, 0) is 13.0 Å². The van der Waals surface area contributed by atoms with E-state index in [1.165, 1.54) is 54.8 Å². The minimum Gasteiger partial charge on any atom is -0.494 e. The van der Waals surface area contributed by atoms with Gasteiger partial charge in [0.2, 0.25) is 0 Å². The zero-order valence-corrected chi connectivity index (χ0v) is 22.8. The molecule has 3 aromatic carbocycles. The van der Waals surface area contributed by atoms with Crippen LogP contribution in [0.25, 0.3) is 11.1 Å². The minimum absolute atomic E-state index is 0.0178. The molecule has 1 aliphatic rings. The molecule has 0 saturated carbocycles. The Morgan fingerprint density at radius 3 is 2.36 bits per heavy atom. The maximum absolute atomic E-state index is 15.5. The van der Waals surface area contributed by atoms with E-state index in [1.807, 2.05) is 19.1 Å². The minimum atomic E-state index is -0.659. The van der Waals surface area contributed by atoms with Crippen LogP contribution in [0, 0.1) is 31.3 Å². The molecule has 4 aromatic rings. The van der Waals surface area contributed by atoms with Crippen LogP contribution in [0.2, 0.25) is 0 Å². The predicted octanol–water partition coefficient (Wildman–Crippen LogP) is 6.59. The molecule has 0 amide bonds. The van der Waals surface area contributed by atoms with Gasteiger partial charge in [0.1, 0.15) is 11.6 Å². The summed E-state index contributed by atoms with van der Waals surface area (Å²) in [5.74, 6) is -1.35. The largest absolute Gasteiger partial charge is 0.494 e. The van der Waals surface area contributed by atoms with Gasteiger partial charge in [-0.1, -0.05) is 48.0 Å². The second kappa shape index (κ2) is 11.3. The summed E-state index contributed by atoms with van der Waals surface area (Å²) < 4.78 is 51.7. The van der Waals surface area contributed by atoms with Crippen molar-refractivity contribution in [3.05, 3.63) is 116 Å². The van der Waals surface area contributed by atoms with E-state index in [0.717, 1.165) is 5.56 Å². The fourth-order valence-corrected chi connectivity index (χ4v) is 6.46. The maximum Gasteiger partial charge on any atom is 0.260 e. The standard InChI is InChI=1S/C31H29F3N2O2S/c1-18-10-12-20(13-11-18)15-35-16-21-17-39-31-23(14-24-25(32)7-5-8-26(24)33)19(2)28(30(37)36(21)31)22-6-4-9-27(38-3)29(22)34/h4-13,21,35H,14-17H2,1-3H3. The van der Waals surface area contributed by atoms with Crippen LogP contribution < -0.4 is 15.6 Å². The summed E-state index contributed by atoms with van der Waals surface area (Å²) in [6, 6.07) is 16.4. The first kappa shape index (κ1) is 27.1. The highest BCUT2D eigenvalue weighted by atomic mass is 32.2. The normalized spacial score (nSPS) is 14.5. The number of nitrogens with zero attached hydrogens (tertiary/aromatic N) is 1. The van der Waals surface area contributed by atoms with Crippen molar-refractivity contribution in [2.75, 3.05) is 19.4 Å².